The van der Waals surface area contributed by atoms with Crippen LogP contribution in [-0.4, -0.2) is 0 Å². The van der Waals surface area contributed by atoms with Crippen molar-refractivity contribution in [1.29, 1.82) is 0 Å². The van der Waals surface area contributed by atoms with Gasteiger partial charge < -0.3 is 0 Å². The average molecular weight is 332 g/mol. The molecule has 0 nitrogen and oxygen atoms in total. The zero-order valence-electron chi connectivity index (χ0n) is 9.55. The summed E-state index contributed by atoms with van der Waals surface area (Å²) in [7, 11) is 0. The number of alkyl halides is 1. The summed E-state index contributed by atoms with van der Waals surface area (Å²) >= 11 is 9.13. The Bertz CT molecular complexity index is 567. The lowest BCUT2D eigenvalue weighted by Gasteiger charge is -2.12. The lowest BCUT2D eigenvalue weighted by molar-refractivity contribution is 0.582. The summed E-state index contributed by atoms with van der Waals surface area (Å²) in [5.41, 5.74) is 1.97. The van der Waals surface area contributed by atoms with Gasteiger partial charge in [-0.1, -0.05) is 29.8 Å². The molecule has 4 heteroatoms. The smallest absolute Gasteiger partial charge is 0.137 e. The molecule has 0 aliphatic heterocycles. The second-order valence-corrected chi connectivity index (χ2v) is 5.35. The Morgan fingerprint density at radius 3 is 2.28 bits per heavy atom. The summed E-state index contributed by atoms with van der Waals surface area (Å²) in [6, 6.07) is 9.61. The first kappa shape index (κ1) is 13.5. The minimum absolute atomic E-state index is 0.0940. The Morgan fingerprint density at radius 2 is 1.67 bits per heavy atom. The van der Waals surface area contributed by atoms with Gasteiger partial charge in [0.2, 0.25) is 0 Å². The van der Waals surface area contributed by atoms with Crippen LogP contribution < -0.4 is 0 Å². The van der Waals surface area contributed by atoms with Crippen LogP contribution in [0.15, 0.2) is 40.9 Å². The van der Waals surface area contributed by atoms with E-state index < -0.39 is 17.0 Å². The van der Waals surface area contributed by atoms with Crippen LogP contribution >= 0.6 is 27.5 Å². The molecule has 2 rings (SSSR count). The molecule has 0 saturated heterocycles. The quantitative estimate of drug-likeness (QED) is 0.513. The molecule has 0 N–H and O–H groups in total. The fraction of sp³-hybridized carbons (Fsp3) is 0.143. The van der Waals surface area contributed by atoms with Crippen molar-refractivity contribution in [2.75, 3.05) is 0 Å². The first-order chi connectivity index (χ1) is 8.49. The first-order valence-electron chi connectivity index (χ1n) is 5.34. The Hall–Kier alpha value is -0.930. The Kier molecular flexibility index (Phi) is 4.03. The standard InChI is InChI=1S/C14H10BrClF2/c1-8-2-4-9(5-3-8)14(16)10-6-13(18)11(15)7-12(10)17/h2-7,14H,1H3. The predicted octanol–water partition coefficient (Wildman–Crippen LogP) is 5.36. The van der Waals surface area contributed by atoms with Crippen molar-refractivity contribution in [2.45, 2.75) is 12.3 Å². The molecule has 0 aromatic heterocycles. The van der Waals surface area contributed by atoms with Crippen molar-refractivity contribution in [3.8, 4) is 0 Å². The van der Waals surface area contributed by atoms with Crippen molar-refractivity contribution in [1.82, 2.24) is 0 Å². The molecule has 0 amide bonds. The van der Waals surface area contributed by atoms with E-state index in [0.29, 0.717) is 0 Å². The highest BCUT2D eigenvalue weighted by molar-refractivity contribution is 9.10. The third kappa shape index (κ3) is 2.73. The lowest BCUT2D eigenvalue weighted by atomic mass is 10.0. The largest absolute Gasteiger partial charge is 0.207 e. The average Bonchev–Trinajstić information content (AvgIpc) is 2.34. The van der Waals surface area contributed by atoms with E-state index in [1.807, 2.05) is 31.2 Å². The highest BCUT2D eigenvalue weighted by Crippen LogP contribution is 2.33. The highest BCUT2D eigenvalue weighted by atomic mass is 79.9. The van der Waals surface area contributed by atoms with E-state index in [0.717, 1.165) is 23.3 Å². The summed E-state index contributed by atoms with van der Waals surface area (Å²) in [4.78, 5) is 0. The maximum atomic E-state index is 13.8. The van der Waals surface area contributed by atoms with Gasteiger partial charge in [0.25, 0.3) is 0 Å². The van der Waals surface area contributed by atoms with Crippen LogP contribution in [0.5, 0.6) is 0 Å². The van der Waals surface area contributed by atoms with Gasteiger partial charge in [-0.05, 0) is 40.5 Å². The van der Waals surface area contributed by atoms with Crippen LogP contribution in [0.4, 0.5) is 8.78 Å². The molecule has 1 atom stereocenters. The maximum Gasteiger partial charge on any atom is 0.137 e. The van der Waals surface area contributed by atoms with Crippen molar-refractivity contribution in [2.24, 2.45) is 0 Å². The summed E-state index contributed by atoms with van der Waals surface area (Å²) in [6.07, 6.45) is 0. The van der Waals surface area contributed by atoms with Crippen LogP contribution in [0.3, 0.4) is 0 Å². The van der Waals surface area contributed by atoms with E-state index in [9.17, 15) is 8.78 Å². The minimum atomic E-state index is -0.701. The number of hydrogen-bond donors (Lipinski definition) is 0. The molecule has 0 saturated carbocycles. The molecule has 0 aliphatic carbocycles. The Balaban J connectivity index is 2.42. The molecule has 0 heterocycles. The molecular formula is C14H10BrClF2. The second-order valence-electron chi connectivity index (χ2n) is 4.06. The molecule has 0 aliphatic rings. The number of benzene rings is 2. The van der Waals surface area contributed by atoms with Crippen molar-refractivity contribution in [3.05, 3.63) is 69.2 Å². The van der Waals surface area contributed by atoms with Gasteiger partial charge in [0.05, 0.1) is 9.85 Å². The monoisotopic (exact) mass is 330 g/mol. The van der Waals surface area contributed by atoms with Gasteiger partial charge in [-0.2, -0.15) is 0 Å². The zero-order valence-corrected chi connectivity index (χ0v) is 11.9. The summed E-state index contributed by atoms with van der Waals surface area (Å²) in [6.45, 7) is 1.95. The molecular weight excluding hydrogens is 322 g/mol. The van der Waals surface area contributed by atoms with Gasteiger partial charge in [-0.15, -0.1) is 11.6 Å². The van der Waals surface area contributed by atoms with E-state index in [-0.39, 0.29) is 10.0 Å². The first-order valence-corrected chi connectivity index (χ1v) is 6.57. The van der Waals surface area contributed by atoms with Crippen LogP contribution in [0.2, 0.25) is 0 Å². The third-order valence-electron chi connectivity index (χ3n) is 2.68. The molecule has 18 heavy (non-hydrogen) atoms. The zero-order chi connectivity index (χ0) is 13.3. The molecule has 1 unspecified atom stereocenters. The van der Waals surface area contributed by atoms with Gasteiger partial charge in [0.15, 0.2) is 0 Å². The second kappa shape index (κ2) is 5.37. The Morgan fingerprint density at radius 1 is 1.06 bits per heavy atom. The number of hydrogen-bond acceptors (Lipinski definition) is 0. The SMILES string of the molecule is Cc1ccc(C(Cl)c2cc(F)c(Br)cc2F)cc1. The van der Waals surface area contributed by atoms with E-state index in [1.54, 1.807) is 0 Å². The summed E-state index contributed by atoms with van der Waals surface area (Å²) in [5, 5.41) is -0.701. The van der Waals surface area contributed by atoms with E-state index in [2.05, 4.69) is 15.9 Å². The lowest BCUT2D eigenvalue weighted by Crippen LogP contribution is -1.99. The summed E-state index contributed by atoms with van der Waals surface area (Å²) < 4.78 is 27.3. The number of rotatable bonds is 2. The van der Waals surface area contributed by atoms with E-state index in [4.69, 9.17) is 11.6 Å². The van der Waals surface area contributed by atoms with Gasteiger partial charge in [0.1, 0.15) is 11.6 Å². The number of aryl methyl sites for hydroxylation is 1. The highest BCUT2D eigenvalue weighted by Gasteiger charge is 2.17. The molecule has 0 bridgehead atoms. The van der Waals surface area contributed by atoms with Crippen LogP contribution in [0, 0.1) is 18.6 Å². The van der Waals surface area contributed by atoms with Gasteiger partial charge in [-0.3, -0.25) is 0 Å². The van der Waals surface area contributed by atoms with Gasteiger partial charge >= 0.3 is 0 Å². The molecule has 0 fully saturated rings. The molecule has 2 aromatic rings. The fourth-order valence-electron chi connectivity index (χ4n) is 1.65. The predicted molar refractivity (Wildman–Crippen MR) is 72.9 cm³/mol. The minimum Gasteiger partial charge on any atom is -0.207 e. The van der Waals surface area contributed by atoms with Crippen molar-refractivity contribution < 1.29 is 8.78 Å². The van der Waals surface area contributed by atoms with E-state index in [1.165, 1.54) is 0 Å². The van der Waals surface area contributed by atoms with Crippen LogP contribution in [0.1, 0.15) is 22.1 Å². The van der Waals surface area contributed by atoms with Gasteiger partial charge in [0, 0.05) is 5.56 Å². The van der Waals surface area contributed by atoms with Gasteiger partial charge in [-0.25, -0.2) is 8.78 Å². The van der Waals surface area contributed by atoms with Crippen LogP contribution in [-0.2, 0) is 0 Å². The van der Waals surface area contributed by atoms with Crippen LogP contribution in [0.25, 0.3) is 0 Å². The maximum absolute atomic E-state index is 13.8. The van der Waals surface area contributed by atoms with Crippen molar-refractivity contribution in [3.63, 3.8) is 0 Å². The fourth-order valence-corrected chi connectivity index (χ4v) is 2.28. The molecule has 94 valence electrons. The van der Waals surface area contributed by atoms with Crippen molar-refractivity contribution >= 4 is 27.5 Å². The van der Waals surface area contributed by atoms with E-state index >= 15 is 0 Å². The molecule has 0 spiro atoms. The Labute approximate surface area is 118 Å². The number of halogens is 4. The molecule has 0 radical (unpaired) electrons. The topological polar surface area (TPSA) is 0 Å². The summed E-state index contributed by atoms with van der Waals surface area (Å²) in [5.74, 6) is -1.05. The molecule has 2 aromatic carbocycles. The third-order valence-corrected chi connectivity index (χ3v) is 3.78. The normalized spacial score (nSPS) is 12.5.